The zero-order valence-electron chi connectivity index (χ0n) is 12.8. The lowest BCUT2D eigenvalue weighted by Gasteiger charge is -2.44. The van der Waals surface area contributed by atoms with Crippen LogP contribution in [0.15, 0.2) is 24.3 Å². The van der Waals surface area contributed by atoms with Crippen molar-refractivity contribution in [1.29, 1.82) is 0 Å². The molecule has 21 heavy (non-hydrogen) atoms. The Bertz CT molecular complexity index is 460. The molecule has 1 saturated carbocycles. The van der Waals surface area contributed by atoms with E-state index in [0.29, 0.717) is 5.56 Å². The number of piperidine rings is 1. The minimum Gasteiger partial charge on any atom is -0.324 e. The van der Waals surface area contributed by atoms with E-state index in [9.17, 15) is 4.39 Å². The average Bonchev–Trinajstić information content (AvgIpc) is 2.53. The normalized spacial score (nSPS) is 28.1. The van der Waals surface area contributed by atoms with Crippen LogP contribution in [0.5, 0.6) is 0 Å². The van der Waals surface area contributed by atoms with Crippen LogP contribution in [0.25, 0.3) is 0 Å². The summed E-state index contributed by atoms with van der Waals surface area (Å²) in [6.45, 7) is 2.21. The first-order chi connectivity index (χ1) is 10.3. The van der Waals surface area contributed by atoms with Crippen LogP contribution < -0.4 is 5.73 Å². The molecule has 2 aliphatic rings. The van der Waals surface area contributed by atoms with E-state index < -0.39 is 0 Å². The summed E-state index contributed by atoms with van der Waals surface area (Å²) in [5.41, 5.74) is 6.88. The summed E-state index contributed by atoms with van der Waals surface area (Å²) in [5.74, 6) is 0.733. The van der Waals surface area contributed by atoms with E-state index in [-0.39, 0.29) is 11.9 Å². The first kappa shape index (κ1) is 15.0. The first-order valence-corrected chi connectivity index (χ1v) is 8.50. The van der Waals surface area contributed by atoms with Crippen molar-refractivity contribution in [2.24, 2.45) is 11.7 Å². The van der Waals surface area contributed by atoms with Crippen molar-refractivity contribution in [3.63, 3.8) is 0 Å². The topological polar surface area (TPSA) is 29.3 Å². The van der Waals surface area contributed by atoms with Crippen LogP contribution in [0.2, 0.25) is 0 Å². The highest BCUT2D eigenvalue weighted by Crippen LogP contribution is 2.35. The lowest BCUT2D eigenvalue weighted by atomic mass is 9.78. The van der Waals surface area contributed by atoms with Gasteiger partial charge in [0, 0.05) is 24.2 Å². The van der Waals surface area contributed by atoms with Crippen LogP contribution in [0, 0.1) is 11.7 Å². The molecule has 3 rings (SSSR count). The molecular formula is C18H27FN2. The van der Waals surface area contributed by atoms with Gasteiger partial charge in [-0.3, -0.25) is 0 Å². The minimum absolute atomic E-state index is 0.167. The largest absolute Gasteiger partial charge is 0.324 e. The Hall–Kier alpha value is -0.930. The molecule has 2 fully saturated rings. The summed E-state index contributed by atoms with van der Waals surface area (Å²) in [4.78, 5) is 2.63. The van der Waals surface area contributed by atoms with E-state index in [1.165, 1.54) is 51.1 Å². The van der Waals surface area contributed by atoms with Gasteiger partial charge in [0.2, 0.25) is 0 Å². The Balaban J connectivity index is 1.58. The fourth-order valence-electron chi connectivity index (χ4n) is 4.24. The smallest absolute Gasteiger partial charge is 0.127 e. The van der Waals surface area contributed by atoms with Crippen LogP contribution in [0.1, 0.15) is 56.6 Å². The molecule has 0 radical (unpaired) electrons. The van der Waals surface area contributed by atoms with E-state index in [4.69, 9.17) is 5.73 Å². The van der Waals surface area contributed by atoms with Crippen molar-refractivity contribution in [3.05, 3.63) is 35.6 Å². The second-order valence-electron chi connectivity index (χ2n) is 6.71. The molecule has 1 heterocycles. The predicted octanol–water partition coefficient (Wildman–Crippen LogP) is 3.87. The molecule has 1 aromatic carbocycles. The number of fused-ring (bicyclic) bond motifs is 1. The lowest BCUT2D eigenvalue weighted by molar-refractivity contribution is 0.0585. The second kappa shape index (κ2) is 6.89. The monoisotopic (exact) mass is 290 g/mol. The van der Waals surface area contributed by atoms with Crippen LogP contribution in [-0.4, -0.2) is 24.0 Å². The number of halogens is 1. The highest BCUT2D eigenvalue weighted by molar-refractivity contribution is 5.20. The van der Waals surface area contributed by atoms with Gasteiger partial charge in [-0.1, -0.05) is 31.0 Å². The molecule has 3 heteroatoms. The zero-order valence-corrected chi connectivity index (χ0v) is 12.8. The fraction of sp³-hybridized carbons (Fsp3) is 0.667. The molecule has 116 valence electrons. The SMILES string of the molecule is NC(CCN1CCC[C@H]2CCCC[C@H]21)c1ccccc1F. The van der Waals surface area contributed by atoms with E-state index in [2.05, 4.69) is 4.90 Å². The standard InChI is InChI=1S/C18H27FN2/c19-16-9-3-2-8-15(16)17(20)11-13-21-12-5-7-14-6-1-4-10-18(14)21/h2-3,8-9,14,17-18H,1,4-7,10-13,20H2/t14-,17?,18-/m1/s1. The summed E-state index contributed by atoms with van der Waals surface area (Å²) in [6, 6.07) is 7.50. The molecule has 0 bridgehead atoms. The molecule has 1 saturated heterocycles. The summed E-state index contributed by atoms with van der Waals surface area (Å²) in [5, 5.41) is 0. The van der Waals surface area contributed by atoms with Gasteiger partial charge in [0.15, 0.2) is 0 Å². The van der Waals surface area contributed by atoms with Crippen LogP contribution >= 0.6 is 0 Å². The average molecular weight is 290 g/mol. The van der Waals surface area contributed by atoms with E-state index in [1.807, 2.05) is 12.1 Å². The van der Waals surface area contributed by atoms with Gasteiger partial charge in [-0.25, -0.2) is 4.39 Å². The van der Waals surface area contributed by atoms with Gasteiger partial charge in [0.1, 0.15) is 5.82 Å². The maximum atomic E-state index is 13.8. The molecule has 0 amide bonds. The van der Waals surface area contributed by atoms with Gasteiger partial charge < -0.3 is 10.6 Å². The molecule has 0 spiro atoms. The molecule has 1 aromatic rings. The Morgan fingerprint density at radius 3 is 2.76 bits per heavy atom. The van der Waals surface area contributed by atoms with E-state index in [0.717, 1.165) is 24.9 Å². The molecule has 1 aliphatic carbocycles. The van der Waals surface area contributed by atoms with Gasteiger partial charge in [0.25, 0.3) is 0 Å². The lowest BCUT2D eigenvalue weighted by Crippen LogP contribution is -2.47. The summed E-state index contributed by atoms with van der Waals surface area (Å²) >= 11 is 0. The molecule has 1 unspecified atom stereocenters. The Morgan fingerprint density at radius 2 is 1.90 bits per heavy atom. The Kier molecular flexibility index (Phi) is 4.91. The number of nitrogens with two attached hydrogens (primary N) is 1. The predicted molar refractivity (Wildman–Crippen MR) is 84.5 cm³/mol. The number of nitrogens with zero attached hydrogens (tertiary/aromatic N) is 1. The number of rotatable bonds is 4. The number of benzene rings is 1. The fourth-order valence-corrected chi connectivity index (χ4v) is 4.24. The molecule has 0 aromatic heterocycles. The maximum absolute atomic E-state index is 13.8. The minimum atomic E-state index is -0.185. The van der Waals surface area contributed by atoms with Gasteiger partial charge >= 0.3 is 0 Å². The van der Waals surface area contributed by atoms with Crippen molar-refractivity contribution in [2.45, 2.75) is 57.0 Å². The molecule has 2 nitrogen and oxygen atoms in total. The summed E-state index contributed by atoms with van der Waals surface area (Å²) in [6.07, 6.45) is 9.10. The number of hydrogen-bond acceptors (Lipinski definition) is 2. The summed E-state index contributed by atoms with van der Waals surface area (Å²) < 4.78 is 13.8. The highest BCUT2D eigenvalue weighted by atomic mass is 19.1. The zero-order chi connectivity index (χ0) is 14.7. The quantitative estimate of drug-likeness (QED) is 0.912. The Morgan fingerprint density at radius 1 is 1.14 bits per heavy atom. The van der Waals surface area contributed by atoms with Crippen LogP contribution in [0.4, 0.5) is 4.39 Å². The molecule has 3 atom stereocenters. The van der Waals surface area contributed by atoms with Gasteiger partial charge in [-0.05, 0) is 50.6 Å². The van der Waals surface area contributed by atoms with Crippen molar-refractivity contribution >= 4 is 0 Å². The van der Waals surface area contributed by atoms with Crippen molar-refractivity contribution in [3.8, 4) is 0 Å². The van der Waals surface area contributed by atoms with Crippen LogP contribution in [0.3, 0.4) is 0 Å². The van der Waals surface area contributed by atoms with Crippen molar-refractivity contribution in [1.82, 2.24) is 4.90 Å². The molecule has 2 N–H and O–H groups in total. The van der Waals surface area contributed by atoms with Crippen LogP contribution in [-0.2, 0) is 0 Å². The third-order valence-corrected chi connectivity index (χ3v) is 5.39. The number of likely N-dealkylation sites (tertiary alicyclic amines) is 1. The van der Waals surface area contributed by atoms with Gasteiger partial charge in [-0.15, -0.1) is 0 Å². The van der Waals surface area contributed by atoms with Crippen molar-refractivity contribution in [2.75, 3.05) is 13.1 Å². The maximum Gasteiger partial charge on any atom is 0.127 e. The molecule has 1 aliphatic heterocycles. The highest BCUT2D eigenvalue weighted by Gasteiger charge is 2.32. The van der Waals surface area contributed by atoms with E-state index in [1.54, 1.807) is 6.07 Å². The first-order valence-electron chi connectivity index (χ1n) is 8.50. The Labute approximate surface area is 127 Å². The second-order valence-corrected chi connectivity index (χ2v) is 6.71. The van der Waals surface area contributed by atoms with Crippen molar-refractivity contribution < 1.29 is 4.39 Å². The van der Waals surface area contributed by atoms with Gasteiger partial charge in [-0.2, -0.15) is 0 Å². The summed E-state index contributed by atoms with van der Waals surface area (Å²) in [7, 11) is 0. The van der Waals surface area contributed by atoms with Gasteiger partial charge in [0.05, 0.1) is 0 Å². The van der Waals surface area contributed by atoms with E-state index >= 15 is 0 Å². The molecular weight excluding hydrogens is 263 g/mol. The third kappa shape index (κ3) is 3.46. The third-order valence-electron chi connectivity index (χ3n) is 5.39. The number of hydrogen-bond donors (Lipinski definition) is 1.